The number of halogens is 4. The van der Waals surface area contributed by atoms with Gasteiger partial charge in [0.1, 0.15) is 0 Å². The van der Waals surface area contributed by atoms with Crippen LogP contribution in [0.15, 0.2) is 30.4 Å². The Morgan fingerprint density at radius 2 is 1.60 bits per heavy atom. The molecule has 4 nitrogen and oxygen atoms in total. The minimum atomic E-state index is -4.68. The molecular weight excluding hydrogens is 359 g/mol. The van der Waals surface area contributed by atoms with E-state index in [1.54, 1.807) is 26.0 Å². The molecule has 4 atom stereocenters. The molecule has 3 aliphatic heterocycles. The Labute approximate surface area is 146 Å². The number of fused-ring (bicyclic) bond motifs is 5. The molecule has 8 heteroatoms. The fraction of sp³-hybridized carbons (Fsp3) is 0.412. The van der Waals surface area contributed by atoms with E-state index in [0.29, 0.717) is 0 Å². The van der Waals surface area contributed by atoms with Crippen LogP contribution in [0.5, 0.6) is 0 Å². The zero-order chi connectivity index (χ0) is 18.4. The second kappa shape index (κ2) is 4.65. The SMILES string of the molecule is C[C@]12C=C[C@@](C)(O1)[C@H]1C(=O)N(c3ccc(Cl)c(C(F)(F)F)c3)C(=O)[C@H]12. The lowest BCUT2D eigenvalue weighted by Crippen LogP contribution is -2.39. The van der Waals surface area contributed by atoms with Crippen LogP contribution in [0.3, 0.4) is 0 Å². The molecule has 0 radical (unpaired) electrons. The van der Waals surface area contributed by atoms with Crippen molar-refractivity contribution in [1.29, 1.82) is 0 Å². The van der Waals surface area contributed by atoms with Gasteiger partial charge in [0.2, 0.25) is 11.8 Å². The third-order valence-electron chi connectivity index (χ3n) is 5.24. The third kappa shape index (κ3) is 2.05. The summed E-state index contributed by atoms with van der Waals surface area (Å²) in [5.41, 5.74) is -3.08. The zero-order valence-electron chi connectivity index (χ0n) is 13.2. The van der Waals surface area contributed by atoms with Crippen LogP contribution in [0.1, 0.15) is 19.4 Å². The first-order valence-electron chi connectivity index (χ1n) is 7.63. The van der Waals surface area contributed by atoms with E-state index in [9.17, 15) is 22.8 Å². The highest BCUT2D eigenvalue weighted by Crippen LogP contribution is 2.57. The molecular formula is C17H13ClF3NO3. The lowest BCUT2D eigenvalue weighted by atomic mass is 9.73. The topological polar surface area (TPSA) is 46.6 Å². The number of hydrogen-bond donors (Lipinski definition) is 0. The first-order valence-corrected chi connectivity index (χ1v) is 8.01. The first-order chi connectivity index (χ1) is 11.5. The molecule has 2 saturated heterocycles. The first kappa shape index (κ1) is 16.6. The Hall–Kier alpha value is -1.86. The van der Waals surface area contributed by atoms with Crippen molar-refractivity contribution < 1.29 is 27.5 Å². The van der Waals surface area contributed by atoms with Gasteiger partial charge in [0.25, 0.3) is 0 Å². The van der Waals surface area contributed by atoms with Crippen LogP contribution in [-0.4, -0.2) is 23.0 Å². The molecule has 132 valence electrons. The van der Waals surface area contributed by atoms with Crippen molar-refractivity contribution in [2.24, 2.45) is 11.8 Å². The van der Waals surface area contributed by atoms with Crippen LogP contribution in [0, 0.1) is 11.8 Å². The maximum atomic E-state index is 13.1. The van der Waals surface area contributed by atoms with E-state index in [4.69, 9.17) is 16.3 Å². The molecule has 2 fully saturated rings. The van der Waals surface area contributed by atoms with Gasteiger partial charge in [-0.2, -0.15) is 13.2 Å². The molecule has 25 heavy (non-hydrogen) atoms. The fourth-order valence-corrected chi connectivity index (χ4v) is 4.38. The number of anilines is 1. The number of carbonyl (C=O) groups excluding carboxylic acids is 2. The molecule has 0 spiro atoms. The average molecular weight is 372 g/mol. The maximum Gasteiger partial charge on any atom is 0.417 e. The number of rotatable bonds is 1. The molecule has 4 rings (SSSR count). The summed E-state index contributed by atoms with van der Waals surface area (Å²) in [5, 5.41) is -0.487. The van der Waals surface area contributed by atoms with Crippen molar-refractivity contribution >= 4 is 29.1 Å². The maximum absolute atomic E-state index is 13.1. The lowest BCUT2D eigenvalue weighted by Gasteiger charge is -2.25. The Morgan fingerprint density at radius 3 is 2.08 bits per heavy atom. The summed E-state index contributed by atoms with van der Waals surface area (Å²) in [5.74, 6) is -2.61. The second-order valence-electron chi connectivity index (χ2n) is 6.93. The summed E-state index contributed by atoms with van der Waals surface area (Å²) in [7, 11) is 0. The molecule has 0 aromatic heterocycles. The van der Waals surface area contributed by atoms with Gasteiger partial charge < -0.3 is 4.74 Å². The van der Waals surface area contributed by atoms with Gasteiger partial charge in [-0.1, -0.05) is 23.8 Å². The summed E-state index contributed by atoms with van der Waals surface area (Å²) in [6, 6.07) is 3.02. The predicted octanol–water partition coefficient (Wildman–Crippen LogP) is 3.58. The number of ether oxygens (including phenoxy) is 1. The molecule has 0 saturated carbocycles. The molecule has 0 unspecified atom stereocenters. The van der Waals surface area contributed by atoms with Crippen molar-refractivity contribution in [3.05, 3.63) is 40.9 Å². The van der Waals surface area contributed by atoms with Gasteiger partial charge in [0.15, 0.2) is 0 Å². The molecule has 3 heterocycles. The van der Waals surface area contributed by atoms with Crippen LogP contribution in [-0.2, 0) is 20.5 Å². The summed E-state index contributed by atoms with van der Waals surface area (Å²) in [6.45, 7) is 3.41. The fourth-order valence-electron chi connectivity index (χ4n) is 4.16. The van der Waals surface area contributed by atoms with Crippen molar-refractivity contribution in [2.45, 2.75) is 31.2 Å². The number of amides is 2. The summed E-state index contributed by atoms with van der Waals surface area (Å²) in [4.78, 5) is 26.5. The molecule has 3 aliphatic rings. The lowest BCUT2D eigenvalue weighted by molar-refractivity contribution is -0.137. The molecule has 0 aliphatic carbocycles. The minimum absolute atomic E-state index is 0.132. The molecule has 0 N–H and O–H groups in total. The Balaban J connectivity index is 1.80. The number of imide groups is 1. The number of nitrogens with zero attached hydrogens (tertiary/aromatic N) is 1. The predicted molar refractivity (Wildman–Crippen MR) is 83.0 cm³/mol. The average Bonchev–Trinajstić information content (AvgIpc) is 3.04. The monoisotopic (exact) mass is 371 g/mol. The minimum Gasteiger partial charge on any atom is -0.359 e. The Morgan fingerprint density at radius 1 is 1.08 bits per heavy atom. The van der Waals surface area contributed by atoms with Gasteiger partial charge in [-0.25, -0.2) is 4.90 Å². The number of carbonyl (C=O) groups is 2. The van der Waals surface area contributed by atoms with Crippen molar-refractivity contribution in [3.63, 3.8) is 0 Å². The number of benzene rings is 1. The normalized spacial score (nSPS) is 36.5. The highest BCUT2D eigenvalue weighted by Gasteiger charge is 2.70. The molecule has 1 aromatic carbocycles. The van der Waals surface area contributed by atoms with E-state index in [2.05, 4.69) is 0 Å². The van der Waals surface area contributed by atoms with Gasteiger partial charge in [-0.15, -0.1) is 0 Å². The van der Waals surface area contributed by atoms with E-state index in [0.717, 1.165) is 17.0 Å². The highest BCUT2D eigenvalue weighted by atomic mass is 35.5. The van der Waals surface area contributed by atoms with Crippen molar-refractivity contribution in [3.8, 4) is 0 Å². The highest BCUT2D eigenvalue weighted by molar-refractivity contribution is 6.31. The van der Waals surface area contributed by atoms with Crippen LogP contribution in [0.4, 0.5) is 18.9 Å². The second-order valence-corrected chi connectivity index (χ2v) is 7.34. The van der Waals surface area contributed by atoms with Gasteiger partial charge in [0.05, 0.1) is 39.3 Å². The smallest absolute Gasteiger partial charge is 0.359 e. The standard InChI is InChI=1S/C17H13ClF3NO3/c1-15-5-6-16(2,25-15)12-11(15)13(23)22(14(12)24)8-3-4-10(18)9(7-8)17(19,20)21/h3-7,11-12H,1-2H3/t11-,12+,15-,16-/m1/s1. The number of alkyl halides is 3. The Bertz CT molecular complexity index is 816. The third-order valence-corrected chi connectivity index (χ3v) is 5.57. The Kier molecular flexibility index (Phi) is 3.09. The van der Waals surface area contributed by atoms with E-state index in [-0.39, 0.29) is 5.69 Å². The van der Waals surface area contributed by atoms with E-state index >= 15 is 0 Å². The zero-order valence-corrected chi connectivity index (χ0v) is 14.0. The van der Waals surface area contributed by atoms with Crippen LogP contribution in [0.2, 0.25) is 5.02 Å². The summed E-state index contributed by atoms with van der Waals surface area (Å²) < 4.78 is 45.1. The van der Waals surface area contributed by atoms with E-state index in [1.165, 1.54) is 6.07 Å². The van der Waals surface area contributed by atoms with Gasteiger partial charge >= 0.3 is 6.18 Å². The van der Waals surface area contributed by atoms with Gasteiger partial charge in [0, 0.05) is 0 Å². The van der Waals surface area contributed by atoms with Gasteiger partial charge in [-0.05, 0) is 32.0 Å². The van der Waals surface area contributed by atoms with Gasteiger partial charge in [-0.3, -0.25) is 9.59 Å². The molecule has 1 aromatic rings. The summed E-state index contributed by atoms with van der Waals surface area (Å²) >= 11 is 5.62. The summed E-state index contributed by atoms with van der Waals surface area (Å²) in [6.07, 6.45) is -1.20. The van der Waals surface area contributed by atoms with Crippen LogP contribution >= 0.6 is 11.6 Å². The van der Waals surface area contributed by atoms with E-state index < -0.39 is 51.6 Å². The molecule has 2 amide bonds. The van der Waals surface area contributed by atoms with E-state index in [1.807, 2.05) is 0 Å². The van der Waals surface area contributed by atoms with Crippen LogP contribution in [0.25, 0.3) is 0 Å². The van der Waals surface area contributed by atoms with Crippen molar-refractivity contribution in [1.82, 2.24) is 0 Å². The largest absolute Gasteiger partial charge is 0.417 e. The quantitative estimate of drug-likeness (QED) is 0.560. The van der Waals surface area contributed by atoms with Crippen LogP contribution < -0.4 is 4.90 Å². The molecule has 2 bridgehead atoms. The van der Waals surface area contributed by atoms with Crippen molar-refractivity contribution in [2.75, 3.05) is 4.90 Å². The number of hydrogen-bond acceptors (Lipinski definition) is 3.